The molecule has 0 aliphatic rings. The third kappa shape index (κ3) is 8.25. The predicted octanol–water partition coefficient (Wildman–Crippen LogP) is 6.86. The molecule has 230 valence electrons. The van der Waals surface area contributed by atoms with Crippen LogP contribution in [0.4, 0.5) is 21.1 Å². The highest BCUT2D eigenvalue weighted by molar-refractivity contribution is 6.02. The lowest BCUT2D eigenvalue weighted by molar-refractivity contribution is 0.0545. The third-order valence-electron chi connectivity index (χ3n) is 6.21. The Labute approximate surface area is 258 Å². The number of anilines is 1. The maximum Gasteiger partial charge on any atom is 0.414 e. The van der Waals surface area contributed by atoms with Gasteiger partial charge in [0.25, 0.3) is 0 Å². The monoisotopic (exact) mass is 596 g/mol. The Morgan fingerprint density at radius 3 is 1.43 bits per heavy atom. The van der Waals surface area contributed by atoms with Crippen LogP contribution in [-0.2, 0) is 22.1 Å². The van der Waals surface area contributed by atoms with Gasteiger partial charge in [-0.3, -0.25) is 15.3 Å². The molecule has 0 atom stereocenters. The van der Waals surface area contributed by atoms with Crippen LogP contribution in [-0.4, -0.2) is 39.1 Å². The number of carbonyl (C=O) groups excluding carboxylic acids is 2. The van der Waals surface area contributed by atoms with Crippen molar-refractivity contribution in [2.45, 2.75) is 58.3 Å². The summed E-state index contributed by atoms with van der Waals surface area (Å²) in [6, 6.07) is 30.2. The van der Waals surface area contributed by atoms with Crippen LogP contribution in [0.1, 0.15) is 58.2 Å². The van der Waals surface area contributed by atoms with Gasteiger partial charge in [0.2, 0.25) is 5.96 Å². The van der Waals surface area contributed by atoms with E-state index < -0.39 is 28.9 Å². The number of amides is 2. The average molecular weight is 597 g/mol. The van der Waals surface area contributed by atoms with Crippen LogP contribution in [0.25, 0.3) is 0 Å². The highest BCUT2D eigenvalue weighted by atomic mass is 16.6. The number of ether oxygens (including phenoxy) is 2. The lowest BCUT2D eigenvalue weighted by atomic mass is 9.77. The molecule has 3 aromatic carbocycles. The van der Waals surface area contributed by atoms with Gasteiger partial charge in [0.05, 0.1) is 6.20 Å². The minimum Gasteiger partial charge on any atom is -0.444 e. The van der Waals surface area contributed by atoms with Crippen molar-refractivity contribution >= 4 is 29.7 Å². The Balaban J connectivity index is 1.85. The van der Waals surface area contributed by atoms with Gasteiger partial charge in [-0.15, -0.1) is 0 Å². The van der Waals surface area contributed by atoms with E-state index in [1.165, 1.54) is 0 Å². The molecule has 3 N–H and O–H groups in total. The first-order valence-corrected chi connectivity index (χ1v) is 14.3. The van der Waals surface area contributed by atoms with Crippen molar-refractivity contribution in [1.82, 2.24) is 20.4 Å². The van der Waals surface area contributed by atoms with E-state index >= 15 is 0 Å². The van der Waals surface area contributed by atoms with E-state index in [0.717, 1.165) is 16.7 Å². The molecule has 4 aromatic rings. The summed E-state index contributed by atoms with van der Waals surface area (Å²) >= 11 is 0. The quantitative estimate of drug-likeness (QED) is 0.127. The molecule has 0 aliphatic heterocycles. The number of guanidine groups is 1. The summed E-state index contributed by atoms with van der Waals surface area (Å²) in [6.07, 6.45) is 0.0950. The summed E-state index contributed by atoms with van der Waals surface area (Å²) < 4.78 is 12.4. The fourth-order valence-corrected chi connectivity index (χ4v) is 4.61. The molecule has 0 bridgehead atoms. The van der Waals surface area contributed by atoms with Crippen molar-refractivity contribution < 1.29 is 19.1 Å². The van der Waals surface area contributed by atoms with Crippen LogP contribution in [0, 0.1) is 0 Å². The van der Waals surface area contributed by atoms with Gasteiger partial charge in [0.1, 0.15) is 22.4 Å². The number of hydrogen-bond acceptors (Lipinski definition) is 7. The Morgan fingerprint density at radius 2 is 1.07 bits per heavy atom. The number of benzene rings is 3. The van der Waals surface area contributed by atoms with Crippen LogP contribution in [0.15, 0.2) is 102 Å². The smallest absolute Gasteiger partial charge is 0.414 e. The number of carbonyl (C=O) groups is 2. The molecule has 0 fully saturated rings. The number of rotatable bonds is 6. The lowest BCUT2D eigenvalue weighted by Gasteiger charge is -2.37. The molecule has 0 radical (unpaired) electrons. The number of nitrogens with zero attached hydrogens (tertiary/aromatic N) is 3. The second-order valence-electron chi connectivity index (χ2n) is 12.2. The van der Waals surface area contributed by atoms with Crippen molar-refractivity contribution in [3.63, 3.8) is 0 Å². The maximum absolute atomic E-state index is 12.8. The fraction of sp³-hybridized carbons (Fsp3) is 0.294. The van der Waals surface area contributed by atoms with Crippen LogP contribution < -0.4 is 16.0 Å². The van der Waals surface area contributed by atoms with E-state index in [1.54, 1.807) is 59.5 Å². The highest BCUT2D eigenvalue weighted by Crippen LogP contribution is 2.41. The predicted molar refractivity (Wildman–Crippen MR) is 172 cm³/mol. The topological polar surface area (TPSA) is 119 Å². The van der Waals surface area contributed by atoms with Crippen LogP contribution >= 0.6 is 0 Å². The molecule has 4 rings (SSSR count). The molecule has 10 heteroatoms. The second-order valence-corrected chi connectivity index (χ2v) is 12.2. The zero-order valence-electron chi connectivity index (χ0n) is 26.2. The number of aromatic nitrogens is 2. The standard InChI is InChI=1S/C34H40N6O4/c1-32(2,3)43-30(41)36-29(37-31(42)44-33(4,5)6)35-27-23-40(7)39-28(27)38-34(24-17-11-8-12-18-24,25-19-13-9-14-20-25)26-21-15-10-16-22-26/h8-23H,1-7H3,(H,38,39)(H2,35,36,37,41,42). The molecule has 10 nitrogen and oxygen atoms in total. The SMILES string of the molecule is Cn1cc(N=C(NC(=O)OC(C)(C)C)NC(=O)OC(C)(C)C)c(NC(c2ccccc2)(c2ccccc2)c2ccccc2)n1. The largest absolute Gasteiger partial charge is 0.444 e. The average Bonchev–Trinajstić information content (AvgIpc) is 3.28. The second kappa shape index (κ2) is 13.0. The first-order chi connectivity index (χ1) is 20.7. The van der Waals surface area contributed by atoms with Gasteiger partial charge in [-0.1, -0.05) is 91.0 Å². The molecular formula is C34H40N6O4. The zero-order valence-corrected chi connectivity index (χ0v) is 26.2. The van der Waals surface area contributed by atoms with Gasteiger partial charge < -0.3 is 14.8 Å². The first-order valence-electron chi connectivity index (χ1n) is 14.3. The van der Waals surface area contributed by atoms with E-state index in [1.807, 2.05) is 54.6 Å². The van der Waals surface area contributed by atoms with Gasteiger partial charge in [-0.05, 0) is 58.2 Å². The molecule has 44 heavy (non-hydrogen) atoms. The summed E-state index contributed by atoms with van der Waals surface area (Å²) in [5.41, 5.74) is 0.818. The Morgan fingerprint density at radius 1 is 0.682 bits per heavy atom. The Bertz CT molecular complexity index is 1460. The van der Waals surface area contributed by atoms with Gasteiger partial charge in [0, 0.05) is 7.05 Å². The lowest BCUT2D eigenvalue weighted by Crippen LogP contribution is -2.47. The maximum atomic E-state index is 12.8. The minimum absolute atomic E-state index is 0.186. The van der Waals surface area contributed by atoms with E-state index in [-0.39, 0.29) is 5.96 Å². The van der Waals surface area contributed by atoms with Crippen LogP contribution in [0.3, 0.4) is 0 Å². The summed E-state index contributed by atoms with van der Waals surface area (Å²) in [5, 5.41) is 13.5. The molecule has 0 unspecified atom stereocenters. The summed E-state index contributed by atoms with van der Waals surface area (Å²) in [6.45, 7) is 10.4. The third-order valence-corrected chi connectivity index (χ3v) is 6.21. The molecule has 0 spiro atoms. The van der Waals surface area contributed by atoms with Crippen LogP contribution in [0.2, 0.25) is 0 Å². The molecule has 1 aromatic heterocycles. The van der Waals surface area contributed by atoms with E-state index in [9.17, 15) is 9.59 Å². The molecule has 0 saturated heterocycles. The van der Waals surface area contributed by atoms with Crippen molar-refractivity contribution in [3.05, 3.63) is 114 Å². The van der Waals surface area contributed by atoms with Gasteiger partial charge in [0.15, 0.2) is 5.82 Å². The summed E-state index contributed by atoms with van der Waals surface area (Å²) in [5.74, 6) is 0.216. The van der Waals surface area contributed by atoms with Gasteiger partial charge >= 0.3 is 12.2 Å². The summed E-state index contributed by atoms with van der Waals surface area (Å²) in [4.78, 5) is 30.1. The summed E-state index contributed by atoms with van der Waals surface area (Å²) in [7, 11) is 1.77. The van der Waals surface area contributed by atoms with E-state index in [2.05, 4.69) is 57.3 Å². The normalized spacial score (nSPS) is 11.7. The fourth-order valence-electron chi connectivity index (χ4n) is 4.61. The van der Waals surface area contributed by atoms with Gasteiger partial charge in [-0.2, -0.15) is 5.10 Å². The Hall–Kier alpha value is -5.12. The number of nitrogens with one attached hydrogen (secondary N) is 3. The molecule has 1 heterocycles. The van der Waals surface area contributed by atoms with Crippen molar-refractivity contribution in [3.8, 4) is 0 Å². The number of alkyl carbamates (subject to hydrolysis) is 2. The molecule has 2 amide bonds. The number of aryl methyl sites for hydroxylation is 1. The van der Waals surface area contributed by atoms with E-state index in [4.69, 9.17) is 14.6 Å². The van der Waals surface area contributed by atoms with Gasteiger partial charge in [-0.25, -0.2) is 14.6 Å². The van der Waals surface area contributed by atoms with Crippen molar-refractivity contribution in [2.75, 3.05) is 5.32 Å². The van der Waals surface area contributed by atoms with E-state index in [0.29, 0.717) is 11.5 Å². The number of aliphatic imine (C=N–C) groups is 1. The Kier molecular flexibility index (Phi) is 9.42. The van der Waals surface area contributed by atoms with Crippen molar-refractivity contribution in [1.29, 1.82) is 0 Å². The molecule has 0 saturated carbocycles. The van der Waals surface area contributed by atoms with Crippen LogP contribution in [0.5, 0.6) is 0 Å². The first kappa shape index (κ1) is 31.8. The zero-order chi connectivity index (χ0) is 32.0. The molecule has 0 aliphatic carbocycles. The highest BCUT2D eigenvalue weighted by Gasteiger charge is 2.37. The van der Waals surface area contributed by atoms with Crippen molar-refractivity contribution in [2.24, 2.45) is 12.0 Å². The molecular weight excluding hydrogens is 556 g/mol. The minimum atomic E-state index is -0.889. The number of hydrogen-bond donors (Lipinski definition) is 3.